The molecule has 0 aliphatic carbocycles. The van der Waals surface area contributed by atoms with Crippen LogP contribution in [-0.2, 0) is 0 Å². The maximum atomic E-state index is 2.71. The van der Waals surface area contributed by atoms with Crippen molar-refractivity contribution in [3.05, 3.63) is 0 Å². The third-order valence-corrected chi connectivity index (χ3v) is 27.1. The third-order valence-electron chi connectivity index (χ3n) is 27.1. The largest absolute Gasteiger partial charge is 0.310 e. The second kappa shape index (κ2) is 36.6. The fraction of sp³-hybridized carbons (Fsp3) is 1.00. The van der Waals surface area contributed by atoms with Crippen LogP contribution >= 0.6 is 0 Å². The van der Waals surface area contributed by atoms with Crippen LogP contribution < -0.4 is 0 Å². The zero-order chi connectivity index (χ0) is 68.3. The molecule has 8 atom stereocenters. The first-order valence-corrected chi connectivity index (χ1v) is 38.5. The highest BCUT2D eigenvalue weighted by Crippen LogP contribution is 2.37. The molecular formula is C76H170N12+6. The van der Waals surface area contributed by atoms with E-state index in [1.807, 2.05) is 0 Å². The van der Waals surface area contributed by atoms with E-state index >= 15 is 0 Å². The lowest BCUT2D eigenvalue weighted by Gasteiger charge is -2.43. The van der Waals surface area contributed by atoms with Crippen LogP contribution in [0.5, 0.6) is 0 Å². The zero-order valence-corrected chi connectivity index (χ0v) is 67.2. The van der Waals surface area contributed by atoms with E-state index in [0.29, 0.717) is 22.2 Å². The summed E-state index contributed by atoms with van der Waals surface area (Å²) < 4.78 is 7.66. The van der Waals surface area contributed by atoms with E-state index in [9.17, 15) is 0 Å². The number of rotatable bonds is 24. The van der Waals surface area contributed by atoms with Crippen LogP contribution in [0.1, 0.15) is 274 Å². The zero-order valence-electron chi connectivity index (χ0n) is 67.2. The SMILES string of the molecule is CCC(C)N1CC(C)(C)[N+](CC)(CC)C1.CCC(C)N1C[N+](CC)(CC)C(C)C1C.CCC(C)N1C[N+](CC)(CC)C(C)C1C.CCC(C)N1C[N+](CC)(CC)CC1(C)C.CCCN1CC(C)(C)[N+](CC)(CC)C1.CCCN1C[N+](CC)(CC)CC1(C)C. The highest BCUT2D eigenvalue weighted by Gasteiger charge is 2.53. The summed E-state index contributed by atoms with van der Waals surface area (Å²) in [6.45, 7) is 111. The highest BCUT2D eigenvalue weighted by atomic mass is 15.6. The van der Waals surface area contributed by atoms with Crippen molar-refractivity contribution in [3.63, 3.8) is 0 Å². The standard InChI is InChI=1S/4C13H29N2.2C12H27N2/c1-7-12(4)14-11-15(8-2,9-3)10-13(14,5)6;1-7-12(4)14-10-13(5,6)15(8-2,9-3)11-14;2*1-7-11(4)14-10-15(8-2,9-3)13(6)12(14)5;1-6-9-13-11-14(7-2,8-3)10-12(13,4)5;1-6-9-13-10-12(4,5)14(7-2,8-3)11-13/h2*12H,7-11H2,1-6H3;2*11-13H,7-10H2,1-6H3;2*6-11H2,1-5H3/q6*+1. The van der Waals surface area contributed by atoms with Crippen molar-refractivity contribution in [1.82, 2.24) is 29.4 Å². The molecule has 0 amide bonds. The monoisotopic (exact) mass is 1250 g/mol. The van der Waals surface area contributed by atoms with Crippen molar-refractivity contribution >= 4 is 0 Å². The van der Waals surface area contributed by atoms with E-state index in [2.05, 4.69) is 265 Å². The van der Waals surface area contributed by atoms with Gasteiger partial charge in [0.15, 0.2) is 0 Å². The second-order valence-corrected chi connectivity index (χ2v) is 32.7. The first-order valence-electron chi connectivity index (χ1n) is 38.5. The highest BCUT2D eigenvalue weighted by molar-refractivity contribution is 4.90. The van der Waals surface area contributed by atoms with Crippen LogP contribution in [0.3, 0.4) is 0 Å². The van der Waals surface area contributed by atoms with Crippen LogP contribution in [-0.4, -0.2) is 285 Å². The first-order chi connectivity index (χ1) is 40.9. The first kappa shape index (κ1) is 85.5. The molecule has 88 heavy (non-hydrogen) atoms. The van der Waals surface area contributed by atoms with Gasteiger partial charge in [0.25, 0.3) is 0 Å². The van der Waals surface area contributed by atoms with Crippen molar-refractivity contribution in [2.75, 3.05) is 158 Å². The Morgan fingerprint density at radius 2 is 0.716 bits per heavy atom. The van der Waals surface area contributed by atoms with Crippen LogP contribution in [0.25, 0.3) is 0 Å². The van der Waals surface area contributed by atoms with Gasteiger partial charge < -0.3 is 26.9 Å². The fourth-order valence-corrected chi connectivity index (χ4v) is 18.2. The minimum absolute atomic E-state index is 0.376. The summed E-state index contributed by atoms with van der Waals surface area (Å²) in [4.78, 5) is 16.1. The van der Waals surface area contributed by atoms with Gasteiger partial charge in [-0.2, -0.15) is 0 Å². The Kier molecular flexibility index (Phi) is 35.6. The van der Waals surface area contributed by atoms with Gasteiger partial charge in [0.05, 0.1) is 128 Å². The fourth-order valence-electron chi connectivity index (χ4n) is 18.2. The number of quaternary nitrogens is 6. The minimum Gasteiger partial charge on any atom is -0.310 e. The molecular weight excluding hydrogens is 1080 g/mol. The molecule has 0 radical (unpaired) electrons. The van der Waals surface area contributed by atoms with Crippen LogP contribution in [0.2, 0.25) is 0 Å². The Balaban J connectivity index is 0.000000528. The van der Waals surface area contributed by atoms with Gasteiger partial charge in [-0.05, 0) is 232 Å². The van der Waals surface area contributed by atoms with Crippen molar-refractivity contribution in [2.45, 2.75) is 344 Å². The predicted molar refractivity (Wildman–Crippen MR) is 391 cm³/mol. The van der Waals surface area contributed by atoms with E-state index in [1.165, 1.54) is 223 Å². The Morgan fingerprint density at radius 1 is 0.364 bits per heavy atom. The quantitative estimate of drug-likeness (QED) is 0.0891. The van der Waals surface area contributed by atoms with E-state index in [1.54, 1.807) is 0 Å². The summed E-state index contributed by atoms with van der Waals surface area (Å²) in [5.74, 6) is 0. The van der Waals surface area contributed by atoms with Crippen molar-refractivity contribution in [2.24, 2.45) is 0 Å². The molecule has 0 aromatic heterocycles. The van der Waals surface area contributed by atoms with Gasteiger partial charge >= 0.3 is 0 Å². The number of nitrogens with zero attached hydrogens (tertiary/aromatic N) is 12. The smallest absolute Gasteiger partial charge is 0.135 e. The molecule has 528 valence electrons. The molecule has 0 bridgehead atoms. The van der Waals surface area contributed by atoms with Gasteiger partial charge in [0.1, 0.15) is 63.2 Å². The van der Waals surface area contributed by atoms with Crippen LogP contribution in [0.4, 0.5) is 0 Å². The normalized spacial score (nSPS) is 28.6. The van der Waals surface area contributed by atoms with Gasteiger partial charge in [0.2, 0.25) is 0 Å². The Hall–Kier alpha value is -0.480. The number of hydrogen-bond acceptors (Lipinski definition) is 6. The van der Waals surface area contributed by atoms with Gasteiger partial charge in [-0.1, -0.05) is 41.5 Å². The van der Waals surface area contributed by atoms with Crippen molar-refractivity contribution < 1.29 is 26.9 Å². The van der Waals surface area contributed by atoms with E-state index in [0.717, 1.165) is 48.3 Å². The molecule has 0 saturated carbocycles. The summed E-state index contributed by atoms with van der Waals surface area (Å²) >= 11 is 0. The molecule has 0 aromatic carbocycles. The Bertz CT molecular complexity index is 1810. The summed E-state index contributed by atoms with van der Waals surface area (Å²) in [5.41, 5.74) is 1.65. The maximum Gasteiger partial charge on any atom is 0.135 e. The summed E-state index contributed by atoms with van der Waals surface area (Å²) in [6.07, 6.45) is 7.62. The molecule has 0 N–H and O–H groups in total. The molecule has 6 fully saturated rings. The number of likely N-dealkylation sites (N-methyl/N-ethyl adjacent to an activating group) is 6. The lowest BCUT2D eigenvalue weighted by atomic mass is 10.0. The van der Waals surface area contributed by atoms with Gasteiger partial charge in [-0.25, -0.2) is 24.5 Å². The van der Waals surface area contributed by atoms with Crippen LogP contribution in [0.15, 0.2) is 0 Å². The second-order valence-electron chi connectivity index (χ2n) is 32.7. The Labute approximate surface area is 555 Å². The minimum atomic E-state index is 0.376. The van der Waals surface area contributed by atoms with Gasteiger partial charge in [0, 0.05) is 37.3 Å². The van der Waals surface area contributed by atoms with E-state index in [4.69, 9.17) is 0 Å². The summed E-state index contributed by atoms with van der Waals surface area (Å²) in [6, 6.07) is 5.98. The number of hydrogen-bond donors (Lipinski definition) is 0. The lowest BCUT2D eigenvalue weighted by Crippen LogP contribution is -2.58. The molecule has 6 rings (SSSR count). The molecule has 12 heteroatoms. The molecule has 6 aliphatic rings. The van der Waals surface area contributed by atoms with E-state index in [-0.39, 0.29) is 0 Å². The summed E-state index contributed by atoms with van der Waals surface area (Å²) in [7, 11) is 0. The molecule has 0 aromatic rings. The van der Waals surface area contributed by atoms with Gasteiger partial charge in [-0.3, -0.25) is 4.90 Å². The van der Waals surface area contributed by atoms with Crippen LogP contribution in [0, 0.1) is 0 Å². The van der Waals surface area contributed by atoms with Crippen molar-refractivity contribution in [1.29, 1.82) is 0 Å². The lowest BCUT2D eigenvalue weighted by molar-refractivity contribution is -0.959. The average Bonchev–Trinajstić information content (AvgIpc) is 3.24. The van der Waals surface area contributed by atoms with E-state index < -0.39 is 0 Å². The molecule has 12 nitrogen and oxygen atoms in total. The third kappa shape index (κ3) is 19.8. The van der Waals surface area contributed by atoms with Gasteiger partial charge in [-0.15, -0.1) is 0 Å². The topological polar surface area (TPSA) is 19.4 Å². The molecule has 6 aliphatic heterocycles. The Morgan fingerprint density at radius 3 is 1.00 bits per heavy atom. The molecule has 6 saturated heterocycles. The maximum absolute atomic E-state index is 2.71. The molecule has 6 heterocycles. The molecule has 8 unspecified atom stereocenters. The summed E-state index contributed by atoms with van der Waals surface area (Å²) in [5, 5.41) is 0. The predicted octanol–water partition coefficient (Wildman–Crippen LogP) is 15.4. The average molecular weight is 1250 g/mol. The van der Waals surface area contributed by atoms with Crippen molar-refractivity contribution in [3.8, 4) is 0 Å². The molecule has 0 spiro atoms.